The highest BCUT2D eigenvalue weighted by Gasteiger charge is 2.67. The van der Waals surface area contributed by atoms with Crippen molar-refractivity contribution in [2.75, 3.05) is 13.2 Å². The zero-order chi connectivity index (χ0) is 14.3. The van der Waals surface area contributed by atoms with Gasteiger partial charge in [-0.2, -0.15) is 0 Å². The first-order valence-electron chi connectivity index (χ1n) is 7.77. The second-order valence-corrected chi connectivity index (χ2v) is 6.19. The summed E-state index contributed by atoms with van der Waals surface area (Å²) in [6, 6.07) is 0. The maximum absolute atomic E-state index is 12.4. The summed E-state index contributed by atoms with van der Waals surface area (Å²) in [6.07, 6.45) is 5.90. The number of carbonyl (C=O) groups excluding carboxylic acids is 1. The molecule has 0 N–H and O–H groups in total. The van der Waals surface area contributed by atoms with Crippen molar-refractivity contribution in [3.05, 3.63) is 0 Å². The topological polar surface area (TPSA) is 54.0 Å². The van der Waals surface area contributed by atoms with E-state index in [1.807, 2.05) is 6.92 Å². The Balaban J connectivity index is 1.97. The van der Waals surface area contributed by atoms with Crippen LogP contribution in [-0.4, -0.2) is 36.4 Å². The van der Waals surface area contributed by atoms with E-state index in [2.05, 4.69) is 0 Å². The van der Waals surface area contributed by atoms with Crippen LogP contribution in [0.2, 0.25) is 0 Å². The average molecular weight is 284 g/mol. The lowest BCUT2D eigenvalue weighted by atomic mass is 9.87. The first kappa shape index (κ1) is 14.3. The van der Waals surface area contributed by atoms with Crippen molar-refractivity contribution in [1.29, 1.82) is 0 Å². The Morgan fingerprint density at radius 3 is 2.10 bits per heavy atom. The Morgan fingerprint density at radius 1 is 1.00 bits per heavy atom. The zero-order valence-corrected chi connectivity index (χ0v) is 12.4. The van der Waals surface area contributed by atoms with Crippen LogP contribution in [0.5, 0.6) is 0 Å². The molecule has 0 unspecified atom stereocenters. The van der Waals surface area contributed by atoms with E-state index in [9.17, 15) is 4.79 Å². The molecule has 3 heterocycles. The van der Waals surface area contributed by atoms with Crippen molar-refractivity contribution in [3.63, 3.8) is 0 Å². The Hall–Kier alpha value is -0.650. The number of rotatable bonds is 1. The van der Waals surface area contributed by atoms with Crippen molar-refractivity contribution in [2.45, 2.75) is 76.0 Å². The zero-order valence-electron chi connectivity index (χ0n) is 12.4. The summed E-state index contributed by atoms with van der Waals surface area (Å²) in [5, 5.41) is 0. The first-order valence-corrected chi connectivity index (χ1v) is 7.77. The van der Waals surface area contributed by atoms with Gasteiger partial charge in [0.25, 0.3) is 5.79 Å². The monoisotopic (exact) mass is 284 g/mol. The van der Waals surface area contributed by atoms with Gasteiger partial charge in [-0.25, -0.2) is 4.79 Å². The number of hydrogen-bond donors (Lipinski definition) is 0. The third kappa shape index (κ3) is 1.98. The van der Waals surface area contributed by atoms with Crippen LogP contribution in [-0.2, 0) is 23.7 Å². The van der Waals surface area contributed by atoms with Crippen LogP contribution < -0.4 is 0 Å². The first-order chi connectivity index (χ1) is 9.56. The highest BCUT2D eigenvalue weighted by Crippen LogP contribution is 2.50. The fourth-order valence-electron chi connectivity index (χ4n) is 3.34. The van der Waals surface area contributed by atoms with Crippen LogP contribution in [0.1, 0.15) is 58.8 Å². The van der Waals surface area contributed by atoms with Crippen molar-refractivity contribution < 1.29 is 23.7 Å². The van der Waals surface area contributed by atoms with Gasteiger partial charge in [0.1, 0.15) is 0 Å². The van der Waals surface area contributed by atoms with Gasteiger partial charge in [-0.3, -0.25) is 0 Å². The minimum absolute atomic E-state index is 0.332. The Kier molecular flexibility index (Phi) is 3.55. The van der Waals surface area contributed by atoms with E-state index in [4.69, 9.17) is 18.9 Å². The van der Waals surface area contributed by atoms with E-state index >= 15 is 0 Å². The van der Waals surface area contributed by atoms with E-state index in [0.717, 1.165) is 32.1 Å². The van der Waals surface area contributed by atoms with Gasteiger partial charge in [-0.05, 0) is 39.0 Å². The Morgan fingerprint density at radius 2 is 1.60 bits per heavy atom. The third-order valence-electron chi connectivity index (χ3n) is 4.81. The lowest BCUT2D eigenvalue weighted by Gasteiger charge is -2.57. The molecule has 5 nitrogen and oxygen atoms in total. The number of fused-ring (bicyclic) bond motifs is 1. The minimum Gasteiger partial charge on any atom is -0.425 e. The van der Waals surface area contributed by atoms with Gasteiger partial charge >= 0.3 is 5.97 Å². The van der Waals surface area contributed by atoms with E-state index in [0.29, 0.717) is 26.1 Å². The summed E-state index contributed by atoms with van der Waals surface area (Å²) in [5.74, 6) is -2.30. The summed E-state index contributed by atoms with van der Waals surface area (Å²) >= 11 is 0. The smallest absolute Gasteiger partial charge is 0.340 e. The Labute approximate surface area is 119 Å². The van der Waals surface area contributed by atoms with Crippen LogP contribution >= 0.6 is 0 Å². The van der Waals surface area contributed by atoms with Gasteiger partial charge in [0.05, 0.1) is 13.2 Å². The molecule has 3 aliphatic rings. The SMILES string of the molecule is CC[C@]1(C)O[C@]2(CCCCO2)[C@@]2(CCCCO2)OC1=O. The molecular weight excluding hydrogens is 260 g/mol. The highest BCUT2D eigenvalue weighted by atomic mass is 16.8. The van der Waals surface area contributed by atoms with Gasteiger partial charge in [0.15, 0.2) is 5.60 Å². The normalized spacial score (nSPS) is 45.6. The van der Waals surface area contributed by atoms with Crippen LogP contribution in [0.3, 0.4) is 0 Å². The van der Waals surface area contributed by atoms with Crippen LogP contribution in [0.15, 0.2) is 0 Å². The molecule has 0 bridgehead atoms. The van der Waals surface area contributed by atoms with Gasteiger partial charge in [0, 0.05) is 12.8 Å². The maximum Gasteiger partial charge on any atom is 0.340 e. The van der Waals surface area contributed by atoms with Crippen molar-refractivity contribution in [3.8, 4) is 0 Å². The lowest BCUT2D eigenvalue weighted by Crippen LogP contribution is -2.71. The molecule has 3 saturated heterocycles. The van der Waals surface area contributed by atoms with Crippen molar-refractivity contribution in [2.24, 2.45) is 0 Å². The summed E-state index contributed by atoms with van der Waals surface area (Å²) in [7, 11) is 0. The molecule has 0 aromatic rings. The number of ether oxygens (including phenoxy) is 4. The molecule has 0 aromatic carbocycles. The van der Waals surface area contributed by atoms with Crippen LogP contribution in [0.4, 0.5) is 0 Å². The highest BCUT2D eigenvalue weighted by molar-refractivity contribution is 5.80. The molecular formula is C15H24O5. The quantitative estimate of drug-likeness (QED) is 0.693. The molecule has 114 valence electrons. The molecule has 0 aromatic heterocycles. The fraction of sp³-hybridized carbons (Fsp3) is 0.933. The van der Waals surface area contributed by atoms with Gasteiger partial charge in [-0.15, -0.1) is 0 Å². The predicted molar refractivity (Wildman–Crippen MR) is 70.9 cm³/mol. The molecule has 0 radical (unpaired) electrons. The standard InChI is InChI=1S/C15H24O5/c1-3-13(2)12(16)19-14(8-4-6-10-17-14)15(20-13)9-5-7-11-18-15/h3-11H2,1-2H3/t13-,14+,15+/m0/s1. The fourth-order valence-corrected chi connectivity index (χ4v) is 3.34. The third-order valence-corrected chi connectivity index (χ3v) is 4.81. The molecule has 0 amide bonds. The number of esters is 1. The Bertz CT molecular complexity index is 382. The van der Waals surface area contributed by atoms with Gasteiger partial charge in [-0.1, -0.05) is 6.92 Å². The molecule has 3 atom stereocenters. The average Bonchev–Trinajstić information content (AvgIpc) is 2.47. The molecule has 5 heteroatoms. The summed E-state index contributed by atoms with van der Waals surface area (Å²) in [4.78, 5) is 12.4. The maximum atomic E-state index is 12.4. The van der Waals surface area contributed by atoms with Gasteiger partial charge in [0.2, 0.25) is 5.79 Å². The van der Waals surface area contributed by atoms with Crippen LogP contribution in [0.25, 0.3) is 0 Å². The van der Waals surface area contributed by atoms with Crippen molar-refractivity contribution >= 4 is 5.97 Å². The van der Waals surface area contributed by atoms with Gasteiger partial charge < -0.3 is 18.9 Å². The molecule has 2 spiro atoms. The van der Waals surface area contributed by atoms with E-state index in [-0.39, 0.29) is 5.97 Å². The minimum atomic E-state index is -1.04. The molecule has 0 aliphatic carbocycles. The molecule has 0 saturated carbocycles. The number of carbonyl (C=O) groups is 1. The molecule has 3 fully saturated rings. The molecule has 3 rings (SSSR count). The van der Waals surface area contributed by atoms with E-state index in [1.165, 1.54) is 0 Å². The van der Waals surface area contributed by atoms with Crippen LogP contribution in [0, 0.1) is 0 Å². The second-order valence-electron chi connectivity index (χ2n) is 6.19. The lowest BCUT2D eigenvalue weighted by molar-refractivity contribution is -0.455. The largest absolute Gasteiger partial charge is 0.425 e. The summed E-state index contributed by atoms with van der Waals surface area (Å²) in [5.41, 5.74) is -0.941. The second kappa shape index (κ2) is 4.97. The van der Waals surface area contributed by atoms with E-state index in [1.54, 1.807) is 6.92 Å². The summed E-state index contributed by atoms with van der Waals surface area (Å²) in [6.45, 7) is 4.93. The van der Waals surface area contributed by atoms with E-state index < -0.39 is 17.2 Å². The molecule has 3 aliphatic heterocycles. The molecule has 20 heavy (non-hydrogen) atoms. The predicted octanol–water partition coefficient (Wildman–Crippen LogP) is 2.52. The number of hydrogen-bond acceptors (Lipinski definition) is 5. The summed E-state index contributed by atoms with van der Waals surface area (Å²) < 4.78 is 24.0. The van der Waals surface area contributed by atoms with Crippen molar-refractivity contribution in [1.82, 2.24) is 0 Å².